The van der Waals surface area contributed by atoms with Gasteiger partial charge < -0.3 is 9.15 Å². The summed E-state index contributed by atoms with van der Waals surface area (Å²) in [7, 11) is 0. The van der Waals surface area contributed by atoms with E-state index in [1.54, 1.807) is 12.1 Å². The standard InChI is InChI=1S/C20H18O4/c1-12-8-9-17-15(10-18(21)24-19(17)14(12)3)11-23-20(22)16-7-5-4-6-13(16)2/h4-10H,11H2,1-3H3. The Morgan fingerprint density at radius 2 is 1.79 bits per heavy atom. The van der Waals surface area contributed by atoms with Crippen LogP contribution in [0.15, 0.2) is 51.7 Å². The van der Waals surface area contributed by atoms with E-state index in [9.17, 15) is 9.59 Å². The Balaban J connectivity index is 1.94. The van der Waals surface area contributed by atoms with Gasteiger partial charge in [-0.3, -0.25) is 0 Å². The first-order chi connectivity index (χ1) is 11.5. The molecule has 2 aromatic carbocycles. The molecule has 0 aliphatic rings. The first kappa shape index (κ1) is 16.0. The maximum atomic E-state index is 12.3. The largest absolute Gasteiger partial charge is 0.457 e. The van der Waals surface area contributed by atoms with Crippen molar-refractivity contribution in [2.45, 2.75) is 27.4 Å². The summed E-state index contributed by atoms with van der Waals surface area (Å²) in [5.41, 5.74) is 4.08. The Hall–Kier alpha value is -2.88. The predicted octanol–water partition coefficient (Wildman–Crippen LogP) is 4.08. The maximum absolute atomic E-state index is 12.3. The van der Waals surface area contributed by atoms with Gasteiger partial charge in [-0.05, 0) is 43.5 Å². The summed E-state index contributed by atoms with van der Waals surface area (Å²) in [6, 6.07) is 12.5. The Labute approximate surface area is 139 Å². The van der Waals surface area contributed by atoms with Gasteiger partial charge in [0.2, 0.25) is 0 Å². The van der Waals surface area contributed by atoms with Crippen molar-refractivity contribution in [1.29, 1.82) is 0 Å². The number of benzene rings is 2. The van der Waals surface area contributed by atoms with Gasteiger partial charge in [0.1, 0.15) is 12.2 Å². The molecule has 122 valence electrons. The molecule has 4 heteroatoms. The van der Waals surface area contributed by atoms with Gasteiger partial charge >= 0.3 is 11.6 Å². The molecule has 3 aromatic rings. The zero-order valence-corrected chi connectivity index (χ0v) is 13.9. The van der Waals surface area contributed by atoms with E-state index in [1.165, 1.54) is 6.07 Å². The van der Waals surface area contributed by atoms with Crippen molar-refractivity contribution in [3.8, 4) is 0 Å². The van der Waals surface area contributed by atoms with Crippen molar-refractivity contribution in [2.75, 3.05) is 0 Å². The Morgan fingerprint density at radius 3 is 2.54 bits per heavy atom. The Bertz CT molecular complexity index is 983. The summed E-state index contributed by atoms with van der Waals surface area (Å²) < 4.78 is 10.7. The van der Waals surface area contributed by atoms with Crippen molar-refractivity contribution in [3.05, 3.63) is 80.7 Å². The molecule has 0 aliphatic heterocycles. The lowest BCUT2D eigenvalue weighted by Crippen LogP contribution is -2.09. The number of carbonyl (C=O) groups is 1. The van der Waals surface area contributed by atoms with Crippen LogP contribution in [-0.4, -0.2) is 5.97 Å². The summed E-state index contributed by atoms with van der Waals surface area (Å²) in [4.78, 5) is 24.1. The van der Waals surface area contributed by atoms with Crippen LogP contribution in [0.5, 0.6) is 0 Å². The minimum atomic E-state index is -0.446. The monoisotopic (exact) mass is 322 g/mol. The fourth-order valence-electron chi connectivity index (χ4n) is 2.67. The third-order valence-electron chi connectivity index (χ3n) is 4.24. The van der Waals surface area contributed by atoms with E-state index in [0.29, 0.717) is 16.7 Å². The van der Waals surface area contributed by atoms with Crippen molar-refractivity contribution in [1.82, 2.24) is 0 Å². The second-order valence-electron chi connectivity index (χ2n) is 5.87. The van der Waals surface area contributed by atoms with E-state index in [4.69, 9.17) is 9.15 Å². The Morgan fingerprint density at radius 1 is 1.04 bits per heavy atom. The molecule has 3 rings (SSSR count). The Kier molecular flexibility index (Phi) is 4.21. The summed E-state index contributed by atoms with van der Waals surface area (Å²) in [5.74, 6) is -0.404. The van der Waals surface area contributed by atoms with E-state index in [2.05, 4.69) is 0 Å². The highest BCUT2D eigenvalue weighted by molar-refractivity contribution is 5.91. The molecule has 0 radical (unpaired) electrons. The average Bonchev–Trinajstić information content (AvgIpc) is 2.56. The van der Waals surface area contributed by atoms with Gasteiger partial charge in [0.15, 0.2) is 0 Å². The first-order valence-electron chi connectivity index (χ1n) is 7.73. The van der Waals surface area contributed by atoms with E-state index in [0.717, 1.165) is 22.1 Å². The maximum Gasteiger partial charge on any atom is 0.338 e. The summed E-state index contributed by atoms with van der Waals surface area (Å²) in [6.07, 6.45) is 0. The zero-order valence-electron chi connectivity index (χ0n) is 13.9. The molecule has 0 amide bonds. The topological polar surface area (TPSA) is 56.5 Å². The van der Waals surface area contributed by atoms with Gasteiger partial charge in [0, 0.05) is 17.0 Å². The summed E-state index contributed by atoms with van der Waals surface area (Å²) >= 11 is 0. The zero-order chi connectivity index (χ0) is 17.3. The van der Waals surface area contributed by atoms with Crippen molar-refractivity contribution in [2.24, 2.45) is 0 Å². The van der Waals surface area contributed by atoms with Crippen molar-refractivity contribution >= 4 is 16.9 Å². The minimum absolute atomic E-state index is 0.0256. The van der Waals surface area contributed by atoms with Gasteiger partial charge in [-0.2, -0.15) is 0 Å². The average molecular weight is 322 g/mol. The molecule has 0 spiro atoms. The van der Waals surface area contributed by atoms with Crippen LogP contribution in [0.2, 0.25) is 0 Å². The molecule has 0 bridgehead atoms. The first-order valence-corrected chi connectivity index (χ1v) is 7.73. The molecule has 0 saturated carbocycles. The molecule has 0 atom stereocenters. The fourth-order valence-corrected chi connectivity index (χ4v) is 2.67. The lowest BCUT2D eigenvalue weighted by Gasteiger charge is -2.10. The van der Waals surface area contributed by atoms with Gasteiger partial charge in [-0.25, -0.2) is 9.59 Å². The minimum Gasteiger partial charge on any atom is -0.457 e. The summed E-state index contributed by atoms with van der Waals surface area (Å²) in [6.45, 7) is 5.75. The van der Waals surface area contributed by atoms with E-state index >= 15 is 0 Å². The van der Waals surface area contributed by atoms with Gasteiger partial charge in [-0.15, -0.1) is 0 Å². The third-order valence-corrected chi connectivity index (χ3v) is 4.24. The molecule has 0 aliphatic carbocycles. The molecule has 0 fully saturated rings. The fraction of sp³-hybridized carbons (Fsp3) is 0.200. The van der Waals surface area contributed by atoms with E-state index in [1.807, 2.05) is 45.0 Å². The van der Waals surface area contributed by atoms with Gasteiger partial charge in [0.05, 0.1) is 5.56 Å². The number of aryl methyl sites for hydroxylation is 3. The van der Waals surface area contributed by atoms with Crippen LogP contribution >= 0.6 is 0 Å². The molecular weight excluding hydrogens is 304 g/mol. The second kappa shape index (κ2) is 6.32. The van der Waals surface area contributed by atoms with Crippen LogP contribution in [0, 0.1) is 20.8 Å². The third kappa shape index (κ3) is 2.95. The molecule has 0 saturated heterocycles. The normalized spacial score (nSPS) is 10.8. The highest BCUT2D eigenvalue weighted by Gasteiger charge is 2.13. The van der Waals surface area contributed by atoms with Crippen LogP contribution in [0.1, 0.15) is 32.6 Å². The van der Waals surface area contributed by atoms with E-state index < -0.39 is 11.6 Å². The number of rotatable bonds is 3. The van der Waals surface area contributed by atoms with E-state index in [-0.39, 0.29) is 6.61 Å². The molecule has 1 heterocycles. The van der Waals surface area contributed by atoms with Crippen LogP contribution in [0.4, 0.5) is 0 Å². The molecule has 0 N–H and O–H groups in total. The lowest BCUT2D eigenvalue weighted by atomic mass is 10.0. The predicted molar refractivity (Wildman–Crippen MR) is 92.3 cm³/mol. The van der Waals surface area contributed by atoms with Crippen LogP contribution in [-0.2, 0) is 11.3 Å². The number of fused-ring (bicyclic) bond motifs is 1. The van der Waals surface area contributed by atoms with Crippen molar-refractivity contribution < 1.29 is 13.9 Å². The smallest absolute Gasteiger partial charge is 0.338 e. The lowest BCUT2D eigenvalue weighted by molar-refractivity contribution is 0.0473. The highest BCUT2D eigenvalue weighted by atomic mass is 16.5. The van der Waals surface area contributed by atoms with Crippen LogP contribution < -0.4 is 5.63 Å². The number of ether oxygens (including phenoxy) is 1. The van der Waals surface area contributed by atoms with Crippen molar-refractivity contribution in [3.63, 3.8) is 0 Å². The molecular formula is C20H18O4. The summed E-state index contributed by atoms with van der Waals surface area (Å²) in [5, 5.41) is 0.787. The van der Waals surface area contributed by atoms with Crippen LogP contribution in [0.25, 0.3) is 11.0 Å². The van der Waals surface area contributed by atoms with Gasteiger partial charge in [-0.1, -0.05) is 30.3 Å². The second-order valence-corrected chi connectivity index (χ2v) is 5.87. The molecule has 24 heavy (non-hydrogen) atoms. The molecule has 0 unspecified atom stereocenters. The molecule has 1 aromatic heterocycles. The SMILES string of the molecule is Cc1ccccc1C(=O)OCc1cc(=O)oc2c(C)c(C)ccc12. The van der Waals surface area contributed by atoms with Gasteiger partial charge in [0.25, 0.3) is 0 Å². The van der Waals surface area contributed by atoms with Crippen LogP contribution in [0.3, 0.4) is 0 Å². The number of hydrogen-bond donors (Lipinski definition) is 0. The quantitative estimate of drug-likeness (QED) is 0.538. The number of hydrogen-bond acceptors (Lipinski definition) is 4. The number of carbonyl (C=O) groups excluding carboxylic acids is 1. The number of esters is 1. The highest BCUT2D eigenvalue weighted by Crippen LogP contribution is 2.24. The molecule has 4 nitrogen and oxygen atoms in total.